The van der Waals surface area contributed by atoms with Crippen LogP contribution in [0.5, 0.6) is 0 Å². The minimum atomic E-state index is -0.693. The van der Waals surface area contributed by atoms with Gasteiger partial charge in [0.05, 0.1) is 10.2 Å². The SMILES string of the molecule is NC(=O)c1cc(=O)n2c(n1)sc1ccccc12. The van der Waals surface area contributed by atoms with Crippen LogP contribution >= 0.6 is 11.3 Å². The van der Waals surface area contributed by atoms with Crippen molar-refractivity contribution in [2.24, 2.45) is 5.73 Å². The molecule has 0 unspecified atom stereocenters. The minimum Gasteiger partial charge on any atom is -0.364 e. The van der Waals surface area contributed by atoms with Crippen LogP contribution in [0.15, 0.2) is 35.1 Å². The lowest BCUT2D eigenvalue weighted by Crippen LogP contribution is -2.20. The predicted octanol–water partition coefficient (Wildman–Crippen LogP) is 1.01. The fourth-order valence-electron chi connectivity index (χ4n) is 1.70. The fourth-order valence-corrected chi connectivity index (χ4v) is 2.73. The van der Waals surface area contributed by atoms with Gasteiger partial charge in [-0.3, -0.25) is 14.0 Å². The second kappa shape index (κ2) is 3.39. The third kappa shape index (κ3) is 1.42. The van der Waals surface area contributed by atoms with E-state index in [2.05, 4.69) is 4.98 Å². The molecule has 5 nitrogen and oxygen atoms in total. The summed E-state index contributed by atoms with van der Waals surface area (Å²) in [6.07, 6.45) is 0. The van der Waals surface area contributed by atoms with Crippen molar-refractivity contribution in [3.05, 3.63) is 46.4 Å². The Morgan fingerprint density at radius 1 is 1.35 bits per heavy atom. The van der Waals surface area contributed by atoms with E-state index in [4.69, 9.17) is 5.73 Å². The summed E-state index contributed by atoms with van der Waals surface area (Å²) in [4.78, 5) is 27.5. The van der Waals surface area contributed by atoms with Gasteiger partial charge in [-0.1, -0.05) is 23.5 Å². The molecule has 6 heteroatoms. The number of benzene rings is 1. The van der Waals surface area contributed by atoms with Crippen LogP contribution < -0.4 is 11.3 Å². The second-order valence-electron chi connectivity index (χ2n) is 3.53. The first-order chi connectivity index (χ1) is 8.16. The molecular formula is C11H7N3O2S. The maximum atomic E-state index is 11.9. The van der Waals surface area contributed by atoms with Gasteiger partial charge in [-0.15, -0.1) is 0 Å². The largest absolute Gasteiger partial charge is 0.364 e. The Labute approximate surface area is 99.1 Å². The van der Waals surface area contributed by atoms with E-state index in [9.17, 15) is 9.59 Å². The molecule has 0 aliphatic rings. The van der Waals surface area contributed by atoms with Gasteiger partial charge >= 0.3 is 0 Å². The first kappa shape index (κ1) is 9.98. The lowest BCUT2D eigenvalue weighted by Gasteiger charge is -1.96. The average molecular weight is 245 g/mol. The monoisotopic (exact) mass is 245 g/mol. The molecule has 0 saturated carbocycles. The number of fused-ring (bicyclic) bond motifs is 3. The first-order valence-corrected chi connectivity index (χ1v) is 5.69. The topological polar surface area (TPSA) is 77.5 Å². The van der Waals surface area contributed by atoms with E-state index in [0.717, 1.165) is 16.3 Å². The molecule has 0 bridgehead atoms. The van der Waals surface area contributed by atoms with Crippen LogP contribution in [0.4, 0.5) is 0 Å². The zero-order valence-electron chi connectivity index (χ0n) is 8.58. The molecule has 0 saturated heterocycles. The van der Waals surface area contributed by atoms with E-state index < -0.39 is 5.91 Å². The molecule has 0 aliphatic heterocycles. The van der Waals surface area contributed by atoms with Gasteiger partial charge in [-0.2, -0.15) is 0 Å². The molecule has 0 atom stereocenters. The first-order valence-electron chi connectivity index (χ1n) is 4.88. The molecule has 3 aromatic rings. The van der Waals surface area contributed by atoms with Crippen molar-refractivity contribution in [3.63, 3.8) is 0 Å². The molecule has 0 spiro atoms. The van der Waals surface area contributed by atoms with E-state index in [1.165, 1.54) is 15.7 Å². The lowest BCUT2D eigenvalue weighted by molar-refractivity contribution is 0.0995. The van der Waals surface area contributed by atoms with Crippen molar-refractivity contribution >= 4 is 32.4 Å². The number of thiazole rings is 1. The van der Waals surface area contributed by atoms with E-state index >= 15 is 0 Å². The summed E-state index contributed by atoms with van der Waals surface area (Å²) in [6, 6.07) is 8.64. The van der Waals surface area contributed by atoms with Gasteiger partial charge in [0, 0.05) is 6.07 Å². The lowest BCUT2D eigenvalue weighted by atomic mass is 10.3. The highest BCUT2D eigenvalue weighted by Gasteiger charge is 2.11. The number of rotatable bonds is 1. The number of nitrogens with two attached hydrogens (primary N) is 1. The highest BCUT2D eigenvalue weighted by atomic mass is 32.1. The van der Waals surface area contributed by atoms with E-state index in [1.807, 2.05) is 24.3 Å². The van der Waals surface area contributed by atoms with E-state index in [0.29, 0.717) is 4.96 Å². The van der Waals surface area contributed by atoms with Crippen LogP contribution in [-0.4, -0.2) is 15.3 Å². The molecule has 1 aromatic carbocycles. The Hall–Kier alpha value is -2.21. The number of carbonyl (C=O) groups is 1. The van der Waals surface area contributed by atoms with Crippen LogP contribution in [0.1, 0.15) is 10.5 Å². The van der Waals surface area contributed by atoms with Gasteiger partial charge < -0.3 is 5.73 Å². The van der Waals surface area contributed by atoms with Crippen molar-refractivity contribution in [2.75, 3.05) is 0 Å². The van der Waals surface area contributed by atoms with Gasteiger partial charge in [0.2, 0.25) is 0 Å². The molecule has 0 fully saturated rings. The second-order valence-corrected chi connectivity index (χ2v) is 4.54. The Bertz CT molecular complexity index is 803. The van der Waals surface area contributed by atoms with Crippen molar-refractivity contribution in [1.29, 1.82) is 0 Å². The minimum absolute atomic E-state index is 0.00144. The van der Waals surface area contributed by atoms with Gasteiger partial charge in [-0.25, -0.2) is 4.98 Å². The summed E-state index contributed by atoms with van der Waals surface area (Å²) in [5, 5.41) is 0. The number of amides is 1. The highest BCUT2D eigenvalue weighted by molar-refractivity contribution is 7.23. The van der Waals surface area contributed by atoms with Crippen LogP contribution in [0.25, 0.3) is 15.2 Å². The van der Waals surface area contributed by atoms with E-state index in [-0.39, 0.29) is 11.3 Å². The Kier molecular flexibility index (Phi) is 1.99. The van der Waals surface area contributed by atoms with Gasteiger partial charge in [0.25, 0.3) is 11.5 Å². The number of para-hydroxylation sites is 1. The van der Waals surface area contributed by atoms with Crippen LogP contribution in [0.2, 0.25) is 0 Å². The summed E-state index contributed by atoms with van der Waals surface area (Å²) in [5.41, 5.74) is 5.63. The Balaban J connectivity index is 2.53. The standard InChI is InChI=1S/C11H7N3O2S/c12-10(16)6-5-9(15)14-7-3-1-2-4-8(7)17-11(14)13-6/h1-5H,(H2,12,16). The van der Waals surface area contributed by atoms with Crippen molar-refractivity contribution < 1.29 is 4.79 Å². The van der Waals surface area contributed by atoms with Crippen molar-refractivity contribution in [1.82, 2.24) is 9.38 Å². The fraction of sp³-hybridized carbons (Fsp3) is 0. The van der Waals surface area contributed by atoms with Crippen molar-refractivity contribution in [3.8, 4) is 0 Å². The van der Waals surface area contributed by atoms with E-state index in [1.54, 1.807) is 0 Å². The number of primary amides is 1. The smallest absolute Gasteiger partial charge is 0.267 e. The summed E-state index contributed by atoms with van der Waals surface area (Å²) in [7, 11) is 0. The third-order valence-corrected chi connectivity index (χ3v) is 3.47. The molecule has 2 N–H and O–H groups in total. The molecule has 84 valence electrons. The zero-order valence-corrected chi connectivity index (χ0v) is 9.40. The third-order valence-electron chi connectivity index (χ3n) is 2.45. The molecule has 2 heterocycles. The van der Waals surface area contributed by atoms with Crippen LogP contribution in [-0.2, 0) is 0 Å². The maximum absolute atomic E-state index is 11.9. The summed E-state index contributed by atoms with van der Waals surface area (Å²) in [5.74, 6) is -0.693. The summed E-state index contributed by atoms with van der Waals surface area (Å²) < 4.78 is 2.42. The molecule has 3 rings (SSSR count). The molecule has 0 radical (unpaired) electrons. The van der Waals surface area contributed by atoms with Gasteiger partial charge in [-0.05, 0) is 12.1 Å². The van der Waals surface area contributed by atoms with Crippen LogP contribution in [0.3, 0.4) is 0 Å². The maximum Gasteiger partial charge on any atom is 0.267 e. The van der Waals surface area contributed by atoms with Gasteiger partial charge in [0.15, 0.2) is 4.96 Å². The Morgan fingerprint density at radius 3 is 2.88 bits per heavy atom. The zero-order chi connectivity index (χ0) is 12.0. The normalized spacial score (nSPS) is 11.1. The summed E-state index contributed by atoms with van der Waals surface area (Å²) >= 11 is 1.35. The van der Waals surface area contributed by atoms with Crippen molar-refractivity contribution in [2.45, 2.75) is 0 Å². The number of hydrogen-bond donors (Lipinski definition) is 1. The summed E-state index contributed by atoms with van der Waals surface area (Å²) in [6.45, 7) is 0. The molecular weight excluding hydrogens is 238 g/mol. The predicted molar refractivity (Wildman–Crippen MR) is 65.4 cm³/mol. The molecule has 2 aromatic heterocycles. The number of nitrogens with zero attached hydrogens (tertiary/aromatic N) is 2. The highest BCUT2D eigenvalue weighted by Crippen LogP contribution is 2.23. The number of hydrogen-bond acceptors (Lipinski definition) is 4. The average Bonchev–Trinajstić information content (AvgIpc) is 2.67. The Morgan fingerprint density at radius 2 is 2.12 bits per heavy atom. The molecule has 0 aliphatic carbocycles. The molecule has 17 heavy (non-hydrogen) atoms. The number of aromatic nitrogens is 2. The quantitative estimate of drug-likeness (QED) is 0.695. The number of carbonyl (C=O) groups excluding carboxylic acids is 1. The van der Waals surface area contributed by atoms with Gasteiger partial charge in [0.1, 0.15) is 5.69 Å². The molecule has 1 amide bonds. The van der Waals surface area contributed by atoms with Crippen LogP contribution in [0, 0.1) is 0 Å².